The summed E-state index contributed by atoms with van der Waals surface area (Å²) in [6, 6.07) is 17.9. The number of halogens is 3. The van der Waals surface area contributed by atoms with Crippen LogP contribution in [-0.4, -0.2) is 32.3 Å². The normalized spacial score (nSPS) is 12.4. The molecule has 0 aliphatic rings. The van der Waals surface area contributed by atoms with Crippen molar-refractivity contribution < 1.29 is 17.9 Å². The van der Waals surface area contributed by atoms with Gasteiger partial charge in [-0.05, 0) is 55.0 Å². The van der Waals surface area contributed by atoms with Crippen LogP contribution in [0.15, 0.2) is 76.1 Å². The van der Waals surface area contributed by atoms with Gasteiger partial charge in [0.15, 0.2) is 0 Å². The van der Waals surface area contributed by atoms with E-state index in [1.165, 1.54) is 18.2 Å². The molecule has 0 bridgehead atoms. The summed E-state index contributed by atoms with van der Waals surface area (Å²) >= 11 is 15.6. The molecule has 3 aromatic rings. The zero-order chi connectivity index (χ0) is 24.9. The number of nitrogens with zero attached hydrogens (tertiary/aromatic N) is 1. The summed E-state index contributed by atoms with van der Waals surface area (Å²) in [5.74, 6) is 0.159. The molecule has 1 unspecified atom stereocenters. The highest BCUT2D eigenvalue weighted by molar-refractivity contribution is 9.10. The molecule has 0 spiro atoms. The van der Waals surface area contributed by atoms with Gasteiger partial charge in [-0.25, -0.2) is 8.42 Å². The van der Waals surface area contributed by atoms with Crippen LogP contribution in [0.2, 0.25) is 10.0 Å². The molecule has 0 saturated carbocycles. The fraction of sp³-hybridized carbons (Fsp3) is 0.208. The summed E-state index contributed by atoms with van der Waals surface area (Å²) < 4.78 is 34.1. The predicted octanol–water partition coefficient (Wildman–Crippen LogP) is 5.83. The molecule has 0 saturated heterocycles. The fourth-order valence-corrected chi connectivity index (χ4v) is 5.48. The highest BCUT2D eigenvalue weighted by atomic mass is 79.9. The van der Waals surface area contributed by atoms with Crippen molar-refractivity contribution in [1.82, 2.24) is 9.62 Å². The van der Waals surface area contributed by atoms with Crippen LogP contribution >= 0.6 is 39.1 Å². The Hall–Kier alpha value is -2.10. The summed E-state index contributed by atoms with van der Waals surface area (Å²) in [6.07, 6.45) is 0. The average molecular weight is 586 g/mol. The van der Waals surface area contributed by atoms with Gasteiger partial charge in [0.25, 0.3) is 0 Å². The van der Waals surface area contributed by atoms with Crippen LogP contribution in [0.3, 0.4) is 0 Å². The maximum absolute atomic E-state index is 13.5. The Morgan fingerprint density at radius 3 is 2.41 bits per heavy atom. The van der Waals surface area contributed by atoms with E-state index in [9.17, 15) is 13.2 Å². The first-order valence-electron chi connectivity index (χ1n) is 10.2. The minimum absolute atomic E-state index is 0.0614. The molecule has 0 aliphatic carbocycles. The second-order valence-corrected chi connectivity index (χ2v) is 11.2. The molecule has 0 heterocycles. The third-order valence-corrected chi connectivity index (χ3v) is 8.04. The summed E-state index contributed by atoms with van der Waals surface area (Å²) in [5.41, 5.74) is 1.30. The number of hydrogen-bond donors (Lipinski definition) is 1. The Morgan fingerprint density at radius 1 is 1.09 bits per heavy atom. The fourth-order valence-electron chi connectivity index (χ4n) is 3.37. The van der Waals surface area contributed by atoms with Gasteiger partial charge in [-0.1, -0.05) is 63.4 Å². The first kappa shape index (κ1) is 26.5. The number of rotatable bonds is 9. The molecular formula is C24H23BrCl2N2O4S. The second-order valence-electron chi connectivity index (χ2n) is 7.49. The minimum atomic E-state index is -4.02. The molecule has 0 aromatic heterocycles. The Morgan fingerprint density at radius 2 is 1.76 bits per heavy atom. The largest absolute Gasteiger partial charge is 0.496 e. The number of carbonyl (C=O) groups excluding carboxylic acids is 1. The molecule has 3 rings (SSSR count). The molecule has 1 amide bonds. The average Bonchev–Trinajstić information content (AvgIpc) is 2.80. The van der Waals surface area contributed by atoms with Crippen LogP contribution in [0.5, 0.6) is 5.75 Å². The highest BCUT2D eigenvalue weighted by Crippen LogP contribution is 2.27. The SMILES string of the molecule is COc1ccccc1C(C)NC(=O)CN(Cc1ccc(Cl)cc1Cl)S(=O)(=O)c1ccc(Br)cc1. The van der Waals surface area contributed by atoms with E-state index in [0.29, 0.717) is 21.4 Å². The number of ether oxygens (including phenoxy) is 1. The van der Waals surface area contributed by atoms with Gasteiger partial charge >= 0.3 is 0 Å². The molecule has 0 radical (unpaired) electrons. The van der Waals surface area contributed by atoms with E-state index in [-0.39, 0.29) is 11.4 Å². The third-order valence-electron chi connectivity index (χ3n) is 5.12. The zero-order valence-electron chi connectivity index (χ0n) is 18.5. The topological polar surface area (TPSA) is 75.7 Å². The Bertz CT molecular complexity index is 1270. The first-order valence-corrected chi connectivity index (χ1v) is 13.2. The van der Waals surface area contributed by atoms with Gasteiger partial charge in [0.1, 0.15) is 5.75 Å². The molecular weight excluding hydrogens is 563 g/mol. The van der Waals surface area contributed by atoms with Gasteiger partial charge in [-0.3, -0.25) is 4.79 Å². The first-order chi connectivity index (χ1) is 16.1. The van der Waals surface area contributed by atoms with Crippen molar-refractivity contribution in [2.45, 2.75) is 24.4 Å². The van der Waals surface area contributed by atoms with Crippen molar-refractivity contribution in [1.29, 1.82) is 0 Å². The van der Waals surface area contributed by atoms with E-state index >= 15 is 0 Å². The molecule has 1 N–H and O–H groups in total. The summed E-state index contributed by atoms with van der Waals surface area (Å²) in [5, 5.41) is 3.60. The van der Waals surface area contributed by atoms with E-state index in [0.717, 1.165) is 14.3 Å². The maximum atomic E-state index is 13.5. The van der Waals surface area contributed by atoms with Gasteiger partial charge in [-0.2, -0.15) is 4.31 Å². The van der Waals surface area contributed by atoms with Gasteiger partial charge < -0.3 is 10.1 Å². The molecule has 0 aliphatic heterocycles. The van der Waals surface area contributed by atoms with Crippen molar-refractivity contribution in [3.8, 4) is 5.75 Å². The standard InChI is InChI=1S/C24H23BrCl2N2O4S/c1-16(21-5-3-4-6-23(21)33-2)28-24(30)15-29(14-17-7-10-19(26)13-22(17)27)34(31,32)20-11-8-18(25)9-12-20/h3-13,16H,14-15H2,1-2H3,(H,28,30). The van der Waals surface area contributed by atoms with Gasteiger partial charge in [0, 0.05) is 26.6 Å². The number of hydrogen-bond acceptors (Lipinski definition) is 4. The second kappa shape index (κ2) is 11.6. The van der Waals surface area contributed by atoms with Gasteiger partial charge in [0.05, 0.1) is 24.6 Å². The zero-order valence-corrected chi connectivity index (χ0v) is 22.4. The lowest BCUT2D eigenvalue weighted by Gasteiger charge is -2.24. The van der Waals surface area contributed by atoms with E-state index in [4.69, 9.17) is 27.9 Å². The van der Waals surface area contributed by atoms with Crippen LogP contribution in [0.25, 0.3) is 0 Å². The smallest absolute Gasteiger partial charge is 0.243 e. The molecule has 3 aromatic carbocycles. The Kier molecular flexibility index (Phi) is 9.01. The monoisotopic (exact) mass is 584 g/mol. The molecule has 10 heteroatoms. The van der Waals surface area contributed by atoms with E-state index in [1.807, 2.05) is 18.2 Å². The summed E-state index contributed by atoms with van der Waals surface area (Å²) in [7, 11) is -2.46. The lowest BCUT2D eigenvalue weighted by molar-refractivity contribution is -0.122. The van der Waals surface area contributed by atoms with Crippen LogP contribution < -0.4 is 10.1 Å². The van der Waals surface area contributed by atoms with E-state index in [2.05, 4.69) is 21.2 Å². The number of para-hydroxylation sites is 1. The molecule has 6 nitrogen and oxygen atoms in total. The van der Waals surface area contributed by atoms with Crippen molar-refractivity contribution in [3.05, 3.63) is 92.4 Å². The third kappa shape index (κ3) is 6.52. The van der Waals surface area contributed by atoms with Crippen LogP contribution in [0, 0.1) is 0 Å². The number of amides is 1. The molecule has 34 heavy (non-hydrogen) atoms. The lowest BCUT2D eigenvalue weighted by atomic mass is 10.1. The lowest BCUT2D eigenvalue weighted by Crippen LogP contribution is -2.41. The molecule has 1 atom stereocenters. The van der Waals surface area contributed by atoms with Gasteiger partial charge in [-0.15, -0.1) is 0 Å². The number of sulfonamides is 1. The van der Waals surface area contributed by atoms with Crippen LogP contribution in [0.1, 0.15) is 24.1 Å². The Labute approximate surface area is 218 Å². The number of methoxy groups -OCH3 is 1. The van der Waals surface area contributed by atoms with Crippen molar-refractivity contribution in [3.63, 3.8) is 0 Å². The highest BCUT2D eigenvalue weighted by Gasteiger charge is 2.28. The van der Waals surface area contributed by atoms with Crippen molar-refractivity contribution in [2.75, 3.05) is 13.7 Å². The number of benzene rings is 3. The number of nitrogens with one attached hydrogen (secondary N) is 1. The summed E-state index contributed by atoms with van der Waals surface area (Å²) in [6.45, 7) is 1.29. The number of carbonyl (C=O) groups is 1. The van der Waals surface area contributed by atoms with E-state index in [1.54, 1.807) is 44.4 Å². The molecule has 0 fully saturated rings. The Balaban J connectivity index is 1.88. The molecule has 180 valence electrons. The van der Waals surface area contributed by atoms with E-state index < -0.39 is 28.5 Å². The summed E-state index contributed by atoms with van der Waals surface area (Å²) in [4.78, 5) is 13.0. The predicted molar refractivity (Wildman–Crippen MR) is 138 cm³/mol. The minimum Gasteiger partial charge on any atom is -0.496 e. The van der Waals surface area contributed by atoms with Crippen LogP contribution in [0.4, 0.5) is 0 Å². The van der Waals surface area contributed by atoms with Crippen LogP contribution in [-0.2, 0) is 21.4 Å². The quantitative estimate of drug-likeness (QED) is 0.343. The van der Waals surface area contributed by atoms with Gasteiger partial charge in [0.2, 0.25) is 15.9 Å². The van der Waals surface area contributed by atoms with Crippen molar-refractivity contribution in [2.24, 2.45) is 0 Å². The maximum Gasteiger partial charge on any atom is 0.243 e. The van der Waals surface area contributed by atoms with Crippen molar-refractivity contribution >= 4 is 55.1 Å².